The van der Waals surface area contributed by atoms with Crippen molar-refractivity contribution in [1.82, 2.24) is 0 Å². The van der Waals surface area contributed by atoms with E-state index < -0.39 is 0 Å². The van der Waals surface area contributed by atoms with Gasteiger partial charge in [-0.05, 0) is 25.7 Å². The first-order valence-corrected chi connectivity index (χ1v) is 2.65. The Hall–Kier alpha value is -0.260. The van der Waals surface area contributed by atoms with Crippen molar-refractivity contribution < 1.29 is 0 Å². The van der Waals surface area contributed by atoms with Gasteiger partial charge in [0.15, 0.2) is 0 Å². The molecule has 0 aliphatic heterocycles. The van der Waals surface area contributed by atoms with E-state index in [4.69, 9.17) is 0 Å². The van der Waals surface area contributed by atoms with Gasteiger partial charge in [-0.3, -0.25) is 0 Å². The highest BCUT2D eigenvalue weighted by Crippen LogP contribution is 2.07. The third-order valence-electron chi connectivity index (χ3n) is 1.16. The zero-order valence-electron chi connectivity index (χ0n) is 3.98. The van der Waals surface area contributed by atoms with E-state index in [1.165, 1.54) is 25.7 Å². The van der Waals surface area contributed by atoms with Gasteiger partial charge < -0.3 is 0 Å². The maximum absolute atomic E-state index is 2.27. The molecule has 50 valence electrons. The largest absolute Gasteiger partial charge is 0.0885 e. The van der Waals surface area contributed by atoms with Crippen molar-refractivity contribution in [3.05, 3.63) is 12.2 Å². The summed E-state index contributed by atoms with van der Waals surface area (Å²) >= 11 is 0. The Morgan fingerprint density at radius 2 is 1.12 bits per heavy atom. The van der Waals surface area contributed by atoms with E-state index in [0.717, 1.165) is 0 Å². The minimum absolute atomic E-state index is 0. The molecule has 1 rings (SSSR count). The molecular formula is C8H18. The molecule has 0 heterocycles. The third kappa shape index (κ3) is 3.91. The number of hydrogen-bond donors (Lipinski definition) is 0. The van der Waals surface area contributed by atoms with Crippen LogP contribution in [0.15, 0.2) is 12.2 Å². The summed E-state index contributed by atoms with van der Waals surface area (Å²) in [6.45, 7) is 0. The lowest BCUT2D eigenvalue weighted by Crippen LogP contribution is -1.77. The monoisotopic (exact) mass is 114 g/mol. The predicted octanol–water partition coefficient (Wildman–Crippen LogP) is 3.39. The van der Waals surface area contributed by atoms with Gasteiger partial charge in [0.05, 0.1) is 0 Å². The van der Waals surface area contributed by atoms with Crippen LogP contribution in [0.3, 0.4) is 0 Å². The zero-order valence-corrected chi connectivity index (χ0v) is 3.98. The Kier molecular flexibility index (Phi) is 8.99. The zero-order chi connectivity index (χ0) is 4.24. The van der Waals surface area contributed by atoms with Gasteiger partial charge in [0.25, 0.3) is 0 Å². The van der Waals surface area contributed by atoms with E-state index in [-0.39, 0.29) is 14.9 Å². The molecule has 1 aliphatic rings. The number of rotatable bonds is 0. The fourth-order valence-corrected chi connectivity index (χ4v) is 0.760. The minimum Gasteiger partial charge on any atom is -0.0885 e. The van der Waals surface area contributed by atoms with Crippen LogP contribution in [0.5, 0.6) is 0 Å². The van der Waals surface area contributed by atoms with Crippen LogP contribution in [0.1, 0.15) is 40.5 Å². The summed E-state index contributed by atoms with van der Waals surface area (Å²) in [5, 5.41) is 0. The first-order valence-electron chi connectivity index (χ1n) is 2.65. The molecule has 0 atom stereocenters. The van der Waals surface area contributed by atoms with Crippen molar-refractivity contribution in [3.8, 4) is 0 Å². The predicted molar refractivity (Wildman–Crippen MR) is 41.1 cm³/mol. The Labute approximate surface area is 53.6 Å². The fourth-order valence-electron chi connectivity index (χ4n) is 0.760. The quantitative estimate of drug-likeness (QED) is 0.423. The molecule has 0 heteroatoms. The van der Waals surface area contributed by atoms with Gasteiger partial charge in [-0.1, -0.05) is 27.0 Å². The lowest BCUT2D eigenvalue weighted by molar-refractivity contribution is 0.730. The van der Waals surface area contributed by atoms with Gasteiger partial charge in [0, 0.05) is 0 Å². The minimum atomic E-state index is 0. The van der Waals surface area contributed by atoms with Crippen LogP contribution < -0.4 is 0 Å². The second kappa shape index (κ2) is 6.74. The molecule has 0 aromatic heterocycles. The van der Waals surface area contributed by atoms with Crippen LogP contribution >= 0.6 is 0 Å². The van der Waals surface area contributed by atoms with Crippen molar-refractivity contribution in [3.63, 3.8) is 0 Å². The molecule has 0 saturated heterocycles. The van der Waals surface area contributed by atoms with Gasteiger partial charge in [-0.25, -0.2) is 0 Å². The first kappa shape index (κ1) is 10.7. The molecule has 0 amide bonds. The summed E-state index contributed by atoms with van der Waals surface area (Å²) in [7, 11) is 0. The molecule has 0 spiro atoms. The standard InChI is InChI=1S/C6H10.2CH4/c1-2-4-6-5-3-1;;/h1-2H,3-6H2;2*1H4. The molecular weight excluding hydrogens is 96.1 g/mol. The summed E-state index contributed by atoms with van der Waals surface area (Å²) in [6.07, 6.45) is 10.0. The van der Waals surface area contributed by atoms with Gasteiger partial charge in [0.2, 0.25) is 0 Å². The van der Waals surface area contributed by atoms with Gasteiger partial charge >= 0.3 is 0 Å². The van der Waals surface area contributed by atoms with Crippen molar-refractivity contribution in [1.29, 1.82) is 0 Å². The summed E-state index contributed by atoms with van der Waals surface area (Å²) in [6, 6.07) is 0. The van der Waals surface area contributed by atoms with E-state index in [0.29, 0.717) is 0 Å². The second-order valence-corrected chi connectivity index (χ2v) is 1.76. The molecule has 0 N–H and O–H groups in total. The molecule has 0 nitrogen and oxygen atoms in total. The van der Waals surface area contributed by atoms with Crippen molar-refractivity contribution >= 4 is 0 Å². The van der Waals surface area contributed by atoms with E-state index in [2.05, 4.69) is 12.2 Å². The fraction of sp³-hybridized carbons (Fsp3) is 0.750. The average Bonchev–Trinajstić information content (AvgIpc) is 1.72. The summed E-state index contributed by atoms with van der Waals surface area (Å²) < 4.78 is 0. The average molecular weight is 114 g/mol. The molecule has 8 heavy (non-hydrogen) atoms. The summed E-state index contributed by atoms with van der Waals surface area (Å²) in [5.41, 5.74) is 0. The molecule has 1 aliphatic carbocycles. The smallest absolute Gasteiger partial charge is 0.0351 e. The Balaban J connectivity index is 0. The maximum Gasteiger partial charge on any atom is -0.0351 e. The molecule has 0 unspecified atom stereocenters. The normalized spacial score (nSPS) is 16.0. The Morgan fingerprint density at radius 1 is 0.750 bits per heavy atom. The van der Waals surface area contributed by atoms with Gasteiger partial charge in [-0.15, -0.1) is 0 Å². The molecule has 0 aromatic carbocycles. The highest BCUT2D eigenvalue weighted by Gasteiger charge is 1.87. The lowest BCUT2D eigenvalue weighted by Gasteiger charge is -1.97. The number of hydrogen-bond acceptors (Lipinski definition) is 0. The van der Waals surface area contributed by atoms with Gasteiger partial charge in [0.1, 0.15) is 0 Å². The maximum atomic E-state index is 2.27. The highest BCUT2D eigenvalue weighted by molar-refractivity contribution is 4.85. The van der Waals surface area contributed by atoms with E-state index in [1.807, 2.05) is 0 Å². The molecule has 0 fully saturated rings. The van der Waals surface area contributed by atoms with Gasteiger partial charge in [-0.2, -0.15) is 0 Å². The van der Waals surface area contributed by atoms with E-state index >= 15 is 0 Å². The van der Waals surface area contributed by atoms with Crippen LogP contribution in [0.25, 0.3) is 0 Å². The highest BCUT2D eigenvalue weighted by atomic mass is 13.9. The van der Waals surface area contributed by atoms with Crippen LogP contribution in [0, 0.1) is 0 Å². The Bertz CT molecular complexity index is 45.1. The van der Waals surface area contributed by atoms with Crippen LogP contribution in [-0.2, 0) is 0 Å². The van der Waals surface area contributed by atoms with Crippen molar-refractivity contribution in [2.75, 3.05) is 0 Å². The molecule has 0 saturated carbocycles. The topological polar surface area (TPSA) is 0 Å². The van der Waals surface area contributed by atoms with Crippen molar-refractivity contribution in [2.24, 2.45) is 0 Å². The number of allylic oxidation sites excluding steroid dienone is 2. The second-order valence-electron chi connectivity index (χ2n) is 1.76. The first-order chi connectivity index (χ1) is 3.00. The molecule has 0 aromatic rings. The SMILES string of the molecule is C.C.C1=CCCCC1. The molecule has 0 bridgehead atoms. The van der Waals surface area contributed by atoms with Crippen LogP contribution in [-0.4, -0.2) is 0 Å². The Morgan fingerprint density at radius 3 is 1.25 bits per heavy atom. The molecule has 0 radical (unpaired) electrons. The van der Waals surface area contributed by atoms with Crippen molar-refractivity contribution in [2.45, 2.75) is 40.5 Å². The lowest BCUT2D eigenvalue weighted by atomic mass is 10.1. The van der Waals surface area contributed by atoms with Crippen LogP contribution in [0.4, 0.5) is 0 Å². The summed E-state index contributed by atoms with van der Waals surface area (Å²) in [4.78, 5) is 0. The van der Waals surface area contributed by atoms with Crippen LogP contribution in [0.2, 0.25) is 0 Å². The summed E-state index contributed by atoms with van der Waals surface area (Å²) in [5.74, 6) is 0. The third-order valence-corrected chi connectivity index (χ3v) is 1.16. The van der Waals surface area contributed by atoms with E-state index in [1.54, 1.807) is 0 Å². The van der Waals surface area contributed by atoms with E-state index in [9.17, 15) is 0 Å².